The number of fused-ring (bicyclic) bond motifs is 1. The van der Waals surface area contributed by atoms with Crippen LogP contribution in [0.15, 0.2) is 36.7 Å². The first-order chi connectivity index (χ1) is 12.8. The molecule has 3 aromatic rings. The van der Waals surface area contributed by atoms with Crippen molar-refractivity contribution in [1.29, 1.82) is 0 Å². The van der Waals surface area contributed by atoms with Crippen LogP contribution in [0.25, 0.3) is 11.2 Å². The molecule has 1 aliphatic heterocycles. The molecular formula is C19H22N6O. The zero-order valence-electron chi connectivity index (χ0n) is 14.9. The average molecular weight is 350 g/mol. The molecule has 2 aromatic heterocycles. The van der Waals surface area contributed by atoms with Crippen molar-refractivity contribution in [1.82, 2.24) is 19.9 Å². The predicted octanol–water partition coefficient (Wildman–Crippen LogP) is 3.55. The fourth-order valence-corrected chi connectivity index (χ4v) is 3.16. The van der Waals surface area contributed by atoms with Crippen molar-refractivity contribution in [3.8, 4) is 5.75 Å². The Labute approximate surface area is 152 Å². The third kappa shape index (κ3) is 3.51. The predicted molar refractivity (Wildman–Crippen MR) is 102 cm³/mol. The molecule has 1 N–H and O–H groups in total. The van der Waals surface area contributed by atoms with E-state index < -0.39 is 0 Å². The molecule has 26 heavy (non-hydrogen) atoms. The minimum Gasteiger partial charge on any atom is -0.497 e. The molecule has 4 rings (SSSR count). The van der Waals surface area contributed by atoms with Gasteiger partial charge in [0.05, 0.1) is 7.11 Å². The van der Waals surface area contributed by atoms with Gasteiger partial charge in [-0.05, 0) is 37.1 Å². The van der Waals surface area contributed by atoms with Crippen LogP contribution in [0.1, 0.15) is 25.7 Å². The summed E-state index contributed by atoms with van der Waals surface area (Å²) in [6.45, 7) is 1.96. The van der Waals surface area contributed by atoms with E-state index in [1.54, 1.807) is 19.5 Å². The summed E-state index contributed by atoms with van der Waals surface area (Å²) in [5.74, 6) is 2.21. The van der Waals surface area contributed by atoms with Crippen LogP contribution < -0.4 is 15.0 Å². The van der Waals surface area contributed by atoms with E-state index in [1.807, 2.05) is 24.3 Å². The first-order valence-corrected chi connectivity index (χ1v) is 8.98. The summed E-state index contributed by atoms with van der Waals surface area (Å²) in [4.78, 5) is 20.5. The number of ether oxygens (including phenoxy) is 1. The molecule has 134 valence electrons. The van der Waals surface area contributed by atoms with Crippen LogP contribution in [0.5, 0.6) is 5.75 Å². The highest BCUT2D eigenvalue weighted by molar-refractivity contribution is 5.85. The fraction of sp³-hybridized carbons (Fsp3) is 0.368. The quantitative estimate of drug-likeness (QED) is 0.771. The minimum absolute atomic E-state index is 0.609. The molecule has 7 heteroatoms. The Balaban J connectivity index is 1.71. The fourth-order valence-electron chi connectivity index (χ4n) is 3.16. The largest absolute Gasteiger partial charge is 0.497 e. The van der Waals surface area contributed by atoms with Gasteiger partial charge in [-0.3, -0.25) is 0 Å². The van der Waals surface area contributed by atoms with Crippen molar-refractivity contribution in [2.45, 2.75) is 25.7 Å². The van der Waals surface area contributed by atoms with Crippen molar-refractivity contribution in [2.24, 2.45) is 0 Å². The molecule has 0 aliphatic carbocycles. The molecular weight excluding hydrogens is 328 g/mol. The second-order valence-corrected chi connectivity index (χ2v) is 6.36. The van der Waals surface area contributed by atoms with Gasteiger partial charge in [0.25, 0.3) is 0 Å². The van der Waals surface area contributed by atoms with Gasteiger partial charge in [0, 0.05) is 31.2 Å². The number of nitrogens with one attached hydrogen (secondary N) is 1. The summed E-state index contributed by atoms with van der Waals surface area (Å²) in [6, 6.07) is 7.73. The summed E-state index contributed by atoms with van der Waals surface area (Å²) in [5.41, 5.74) is 2.19. The molecule has 0 bridgehead atoms. The molecule has 7 nitrogen and oxygen atoms in total. The van der Waals surface area contributed by atoms with Crippen molar-refractivity contribution < 1.29 is 4.74 Å². The molecule has 0 radical (unpaired) electrons. The van der Waals surface area contributed by atoms with Gasteiger partial charge < -0.3 is 15.0 Å². The van der Waals surface area contributed by atoms with E-state index in [0.717, 1.165) is 30.5 Å². The van der Waals surface area contributed by atoms with Gasteiger partial charge in [0.1, 0.15) is 5.75 Å². The third-order valence-electron chi connectivity index (χ3n) is 4.56. The molecule has 0 unspecified atom stereocenters. The van der Waals surface area contributed by atoms with Gasteiger partial charge in [0.2, 0.25) is 5.95 Å². The molecule has 1 saturated heterocycles. The van der Waals surface area contributed by atoms with Crippen LogP contribution in [0.2, 0.25) is 0 Å². The number of rotatable bonds is 4. The lowest BCUT2D eigenvalue weighted by molar-refractivity contribution is 0.415. The lowest BCUT2D eigenvalue weighted by Gasteiger charge is -2.21. The maximum Gasteiger partial charge on any atom is 0.229 e. The Morgan fingerprint density at radius 3 is 2.38 bits per heavy atom. The zero-order valence-corrected chi connectivity index (χ0v) is 14.9. The summed E-state index contributed by atoms with van der Waals surface area (Å²) in [6.07, 6.45) is 8.20. The Morgan fingerprint density at radius 2 is 1.65 bits per heavy atom. The van der Waals surface area contributed by atoms with Crippen molar-refractivity contribution in [3.05, 3.63) is 36.7 Å². The third-order valence-corrected chi connectivity index (χ3v) is 4.56. The lowest BCUT2D eigenvalue weighted by atomic mass is 10.2. The first-order valence-electron chi connectivity index (χ1n) is 8.98. The van der Waals surface area contributed by atoms with Gasteiger partial charge in [-0.2, -0.15) is 9.97 Å². The molecule has 1 aliphatic rings. The lowest BCUT2D eigenvalue weighted by Crippen LogP contribution is -2.26. The van der Waals surface area contributed by atoms with E-state index in [0.29, 0.717) is 17.0 Å². The molecule has 0 saturated carbocycles. The Hall–Kier alpha value is -2.96. The molecule has 1 fully saturated rings. The van der Waals surface area contributed by atoms with Crippen molar-refractivity contribution in [2.75, 3.05) is 30.4 Å². The van der Waals surface area contributed by atoms with Crippen molar-refractivity contribution in [3.63, 3.8) is 0 Å². The Kier molecular flexibility index (Phi) is 4.77. The molecule has 0 amide bonds. The highest BCUT2D eigenvalue weighted by Crippen LogP contribution is 2.26. The molecule has 0 spiro atoms. The average Bonchev–Trinajstić information content (AvgIpc) is 2.98. The maximum absolute atomic E-state index is 5.22. The molecule has 0 atom stereocenters. The number of anilines is 3. The number of benzene rings is 1. The SMILES string of the molecule is COc1ccc(Nc2nc(N3CCCCCC3)nc3nccnc23)cc1. The van der Waals surface area contributed by atoms with Gasteiger partial charge in [-0.15, -0.1) is 0 Å². The summed E-state index contributed by atoms with van der Waals surface area (Å²) < 4.78 is 5.22. The number of methoxy groups -OCH3 is 1. The van der Waals surface area contributed by atoms with E-state index >= 15 is 0 Å². The van der Waals surface area contributed by atoms with Crippen LogP contribution in [0.4, 0.5) is 17.5 Å². The topological polar surface area (TPSA) is 76.1 Å². The number of hydrogen-bond acceptors (Lipinski definition) is 7. The second-order valence-electron chi connectivity index (χ2n) is 6.36. The smallest absolute Gasteiger partial charge is 0.229 e. The van der Waals surface area contributed by atoms with Crippen LogP contribution in [0, 0.1) is 0 Å². The van der Waals surface area contributed by atoms with E-state index in [-0.39, 0.29) is 0 Å². The maximum atomic E-state index is 5.22. The molecule has 1 aromatic carbocycles. The van der Waals surface area contributed by atoms with Crippen LogP contribution in [-0.4, -0.2) is 40.1 Å². The molecule has 3 heterocycles. The van der Waals surface area contributed by atoms with Crippen LogP contribution >= 0.6 is 0 Å². The Morgan fingerprint density at radius 1 is 0.923 bits per heavy atom. The summed E-state index contributed by atoms with van der Waals surface area (Å²) in [5, 5.41) is 3.36. The standard InChI is InChI=1S/C19H22N6O/c1-26-15-8-6-14(7-9-15)22-18-16-17(21-11-10-20-16)23-19(24-18)25-12-4-2-3-5-13-25/h6-11H,2-5,12-13H2,1H3,(H,21,22,23,24). The van der Waals surface area contributed by atoms with E-state index in [9.17, 15) is 0 Å². The highest BCUT2D eigenvalue weighted by Gasteiger charge is 2.17. The summed E-state index contributed by atoms with van der Waals surface area (Å²) in [7, 11) is 1.66. The van der Waals surface area contributed by atoms with Gasteiger partial charge in [-0.1, -0.05) is 12.8 Å². The van der Waals surface area contributed by atoms with Gasteiger partial charge in [-0.25, -0.2) is 9.97 Å². The number of aromatic nitrogens is 4. The van der Waals surface area contributed by atoms with Crippen LogP contribution in [0.3, 0.4) is 0 Å². The number of hydrogen-bond donors (Lipinski definition) is 1. The highest BCUT2D eigenvalue weighted by atomic mass is 16.5. The van der Waals surface area contributed by atoms with E-state index in [4.69, 9.17) is 9.72 Å². The van der Waals surface area contributed by atoms with Crippen molar-refractivity contribution >= 4 is 28.6 Å². The van der Waals surface area contributed by atoms with E-state index in [1.165, 1.54) is 25.7 Å². The monoisotopic (exact) mass is 350 g/mol. The summed E-state index contributed by atoms with van der Waals surface area (Å²) >= 11 is 0. The Bertz CT molecular complexity index is 875. The van der Waals surface area contributed by atoms with Crippen LogP contribution in [-0.2, 0) is 0 Å². The first kappa shape index (κ1) is 16.5. The van der Waals surface area contributed by atoms with Gasteiger partial charge >= 0.3 is 0 Å². The number of nitrogens with zero attached hydrogens (tertiary/aromatic N) is 5. The normalized spacial score (nSPS) is 14.9. The second kappa shape index (κ2) is 7.51. The van der Waals surface area contributed by atoms with E-state index in [2.05, 4.69) is 25.2 Å². The minimum atomic E-state index is 0.609. The zero-order chi connectivity index (χ0) is 17.8. The van der Waals surface area contributed by atoms with Gasteiger partial charge in [0.15, 0.2) is 17.0 Å².